The van der Waals surface area contributed by atoms with E-state index in [9.17, 15) is 36.0 Å². The molecule has 0 bridgehead atoms. The highest BCUT2D eigenvalue weighted by atomic mass is 32.2. The van der Waals surface area contributed by atoms with Gasteiger partial charge in [-0.3, -0.25) is 4.79 Å². The molecule has 1 aliphatic rings. The van der Waals surface area contributed by atoms with Gasteiger partial charge in [-0.05, 0) is 59.5 Å². The van der Waals surface area contributed by atoms with E-state index in [1.807, 2.05) is 6.07 Å². The van der Waals surface area contributed by atoms with Crippen molar-refractivity contribution in [3.63, 3.8) is 0 Å². The average molecular weight is 546 g/mol. The molecule has 0 radical (unpaired) electrons. The maximum absolute atomic E-state index is 13.3. The van der Waals surface area contributed by atoms with Gasteiger partial charge in [0, 0.05) is 31.0 Å². The highest BCUT2D eigenvalue weighted by molar-refractivity contribution is 7.89. The van der Waals surface area contributed by atoms with Gasteiger partial charge in [-0.2, -0.15) is 22.7 Å². The van der Waals surface area contributed by atoms with Crippen molar-refractivity contribution >= 4 is 15.9 Å². The van der Waals surface area contributed by atoms with E-state index in [1.165, 1.54) is 18.2 Å². The number of amides is 1. The van der Waals surface area contributed by atoms with E-state index >= 15 is 0 Å². The van der Waals surface area contributed by atoms with Gasteiger partial charge in [0.05, 0.1) is 16.5 Å². The molecule has 1 aliphatic heterocycles. The van der Waals surface area contributed by atoms with Gasteiger partial charge in [-0.1, -0.05) is 12.6 Å². The minimum absolute atomic E-state index is 0.00345. The molecule has 0 spiro atoms. The SMILES string of the molecule is C=C1CCN(S(=O)(=O)c2ccc(F)cc2)[C@@H]1C(=O)NCc1cc(-c2cnc(C(F)(F)F)nc2)ccc1C#N. The van der Waals surface area contributed by atoms with Crippen LogP contribution in [-0.2, 0) is 27.5 Å². The summed E-state index contributed by atoms with van der Waals surface area (Å²) in [5, 5.41) is 12.1. The fourth-order valence-corrected chi connectivity index (χ4v) is 5.58. The lowest BCUT2D eigenvalue weighted by Gasteiger charge is -2.24. The molecule has 1 N–H and O–H groups in total. The van der Waals surface area contributed by atoms with Gasteiger partial charge in [-0.25, -0.2) is 22.8 Å². The Labute approximate surface area is 215 Å². The number of carbonyl (C=O) groups is 1. The predicted molar refractivity (Wildman–Crippen MR) is 127 cm³/mol. The van der Waals surface area contributed by atoms with Gasteiger partial charge >= 0.3 is 6.18 Å². The molecule has 0 saturated carbocycles. The van der Waals surface area contributed by atoms with Crippen LogP contribution in [0.15, 0.2) is 71.9 Å². The molecular formula is C25H19F4N5O3S. The van der Waals surface area contributed by atoms with Crippen molar-refractivity contribution in [3.05, 3.63) is 89.8 Å². The first-order valence-corrected chi connectivity index (χ1v) is 12.5. The largest absolute Gasteiger partial charge is 0.451 e. The van der Waals surface area contributed by atoms with E-state index in [-0.39, 0.29) is 35.5 Å². The molecule has 1 fully saturated rings. The number of rotatable bonds is 6. The maximum atomic E-state index is 13.3. The Hall–Kier alpha value is -4.15. The zero-order valence-electron chi connectivity index (χ0n) is 19.5. The third kappa shape index (κ3) is 5.41. The van der Waals surface area contributed by atoms with Crippen LogP contribution >= 0.6 is 0 Å². The molecule has 4 rings (SSSR count). The van der Waals surface area contributed by atoms with Crippen LogP contribution in [-0.4, -0.2) is 41.2 Å². The van der Waals surface area contributed by atoms with E-state index in [1.54, 1.807) is 0 Å². The minimum atomic E-state index is -4.69. The van der Waals surface area contributed by atoms with Crippen molar-refractivity contribution in [2.24, 2.45) is 0 Å². The van der Waals surface area contributed by atoms with Gasteiger partial charge < -0.3 is 5.32 Å². The number of hydrogen-bond donors (Lipinski definition) is 1. The fraction of sp³-hybridized carbons (Fsp3) is 0.200. The third-order valence-electron chi connectivity index (χ3n) is 5.91. The summed E-state index contributed by atoms with van der Waals surface area (Å²) < 4.78 is 78.8. The van der Waals surface area contributed by atoms with E-state index in [4.69, 9.17) is 0 Å². The van der Waals surface area contributed by atoms with E-state index in [2.05, 4.69) is 21.9 Å². The molecule has 196 valence electrons. The van der Waals surface area contributed by atoms with Crippen LogP contribution in [0.1, 0.15) is 23.4 Å². The van der Waals surface area contributed by atoms with Crippen LogP contribution in [0.3, 0.4) is 0 Å². The van der Waals surface area contributed by atoms with Crippen molar-refractivity contribution < 1.29 is 30.8 Å². The lowest BCUT2D eigenvalue weighted by molar-refractivity contribution is -0.145. The molecule has 38 heavy (non-hydrogen) atoms. The Morgan fingerprint density at radius 2 is 1.79 bits per heavy atom. The van der Waals surface area contributed by atoms with Crippen LogP contribution in [0, 0.1) is 17.1 Å². The van der Waals surface area contributed by atoms with E-state index in [0.717, 1.165) is 41.0 Å². The van der Waals surface area contributed by atoms with Crippen LogP contribution in [0.5, 0.6) is 0 Å². The first-order valence-electron chi connectivity index (χ1n) is 11.1. The smallest absolute Gasteiger partial charge is 0.350 e. The summed E-state index contributed by atoms with van der Waals surface area (Å²) in [6.45, 7) is 3.65. The van der Waals surface area contributed by atoms with Crippen LogP contribution < -0.4 is 5.32 Å². The summed E-state index contributed by atoms with van der Waals surface area (Å²) in [6, 6.07) is 9.43. The third-order valence-corrected chi connectivity index (χ3v) is 7.79. The molecule has 1 saturated heterocycles. The normalized spacial score (nSPS) is 16.3. The molecule has 2 aromatic carbocycles. The Morgan fingerprint density at radius 3 is 2.39 bits per heavy atom. The number of nitriles is 1. The van der Waals surface area contributed by atoms with E-state index in [0.29, 0.717) is 16.7 Å². The molecule has 8 nitrogen and oxygen atoms in total. The minimum Gasteiger partial charge on any atom is -0.350 e. The lowest BCUT2D eigenvalue weighted by atomic mass is 10.0. The Kier molecular flexibility index (Phi) is 7.30. The van der Waals surface area contributed by atoms with Crippen molar-refractivity contribution in [3.8, 4) is 17.2 Å². The standard InChI is InChI=1S/C25H19F4N5O3S/c1-15-8-9-34(38(36,37)21-6-4-20(26)5-7-21)22(15)23(35)31-12-18-10-16(2-3-17(18)11-30)19-13-32-24(33-14-19)25(27,28)29/h2-7,10,13-14,22H,1,8-9,12H2,(H,31,35)/t22-/m0/s1. The number of alkyl halides is 3. The lowest BCUT2D eigenvalue weighted by Crippen LogP contribution is -2.46. The number of benzene rings is 2. The molecule has 0 aliphatic carbocycles. The van der Waals surface area contributed by atoms with E-state index < -0.39 is 39.8 Å². The summed E-state index contributed by atoms with van der Waals surface area (Å²) in [7, 11) is -4.14. The van der Waals surface area contributed by atoms with Gasteiger partial charge in [-0.15, -0.1) is 0 Å². The molecule has 1 atom stereocenters. The Bertz CT molecular complexity index is 1530. The first kappa shape index (κ1) is 26.9. The number of sulfonamides is 1. The maximum Gasteiger partial charge on any atom is 0.451 e. The number of halogens is 4. The van der Waals surface area contributed by atoms with Crippen molar-refractivity contribution in [2.75, 3.05) is 6.54 Å². The number of nitrogens with zero attached hydrogens (tertiary/aromatic N) is 4. The quantitative estimate of drug-likeness (QED) is 0.372. The summed E-state index contributed by atoms with van der Waals surface area (Å²) >= 11 is 0. The zero-order valence-corrected chi connectivity index (χ0v) is 20.4. The second kappa shape index (κ2) is 10.3. The van der Waals surface area contributed by atoms with Gasteiger partial charge in [0.25, 0.3) is 0 Å². The summed E-state index contributed by atoms with van der Waals surface area (Å²) in [6.07, 6.45) is -2.45. The van der Waals surface area contributed by atoms with Gasteiger partial charge in [0.15, 0.2) is 0 Å². The Balaban J connectivity index is 1.55. The molecule has 13 heteroatoms. The van der Waals surface area contributed by atoms with Gasteiger partial charge in [0.2, 0.25) is 21.8 Å². The Morgan fingerprint density at radius 1 is 1.13 bits per heavy atom. The number of nitrogens with one attached hydrogen (secondary N) is 1. The summed E-state index contributed by atoms with van der Waals surface area (Å²) in [5.41, 5.74) is 1.57. The molecule has 0 unspecified atom stereocenters. The van der Waals surface area contributed by atoms with Crippen molar-refractivity contribution in [1.82, 2.24) is 19.6 Å². The number of aromatic nitrogens is 2. The number of carbonyl (C=O) groups excluding carboxylic acids is 1. The topological polar surface area (TPSA) is 116 Å². The van der Waals surface area contributed by atoms with Crippen LogP contribution in [0.25, 0.3) is 11.1 Å². The average Bonchev–Trinajstić information content (AvgIpc) is 3.29. The number of hydrogen-bond acceptors (Lipinski definition) is 6. The first-order chi connectivity index (χ1) is 17.9. The highest BCUT2D eigenvalue weighted by Crippen LogP contribution is 2.30. The molecule has 3 aromatic rings. The van der Waals surface area contributed by atoms with Crippen LogP contribution in [0.2, 0.25) is 0 Å². The van der Waals surface area contributed by atoms with Crippen molar-refractivity contribution in [1.29, 1.82) is 5.26 Å². The molecule has 1 aromatic heterocycles. The summed E-state index contributed by atoms with van der Waals surface area (Å²) in [5.74, 6) is -2.58. The zero-order chi connectivity index (χ0) is 27.7. The summed E-state index contributed by atoms with van der Waals surface area (Å²) in [4.78, 5) is 19.6. The highest BCUT2D eigenvalue weighted by Gasteiger charge is 2.41. The predicted octanol–water partition coefficient (Wildman–Crippen LogP) is 3.81. The van der Waals surface area contributed by atoms with Crippen LogP contribution in [0.4, 0.5) is 17.6 Å². The second-order valence-corrected chi connectivity index (χ2v) is 10.3. The molecule has 1 amide bonds. The van der Waals surface area contributed by atoms with Gasteiger partial charge in [0.1, 0.15) is 11.9 Å². The van der Waals surface area contributed by atoms with Crippen molar-refractivity contribution in [2.45, 2.75) is 30.1 Å². The molecule has 2 heterocycles. The second-order valence-electron chi connectivity index (χ2n) is 8.38. The monoisotopic (exact) mass is 545 g/mol. The molecular weight excluding hydrogens is 526 g/mol. The fourth-order valence-electron chi connectivity index (χ4n) is 3.97.